The molecule has 0 aliphatic carbocycles. The summed E-state index contributed by atoms with van der Waals surface area (Å²) in [6.07, 6.45) is 6.42. The molecule has 0 aliphatic rings. The van der Waals surface area contributed by atoms with Crippen LogP contribution in [0.15, 0.2) is 0 Å². The SMILES string of the molecule is CCC(CC)CCC(O)NCCC(C)(C)C(C)(C)CC. The van der Waals surface area contributed by atoms with Crippen molar-refractivity contribution in [2.24, 2.45) is 16.7 Å². The Morgan fingerprint density at radius 3 is 1.90 bits per heavy atom. The number of rotatable bonds is 11. The average molecular weight is 286 g/mol. The Hall–Kier alpha value is -0.0800. The minimum absolute atomic E-state index is 0.295. The van der Waals surface area contributed by atoms with Crippen molar-refractivity contribution in [1.29, 1.82) is 0 Å². The van der Waals surface area contributed by atoms with Gasteiger partial charge in [0.2, 0.25) is 0 Å². The van der Waals surface area contributed by atoms with E-state index in [4.69, 9.17) is 0 Å². The summed E-state index contributed by atoms with van der Waals surface area (Å²) >= 11 is 0. The number of aliphatic hydroxyl groups excluding tert-OH is 1. The quantitative estimate of drug-likeness (QED) is 0.526. The van der Waals surface area contributed by atoms with Crippen molar-refractivity contribution in [3.05, 3.63) is 0 Å². The molecule has 0 spiro atoms. The molecule has 0 aromatic heterocycles. The van der Waals surface area contributed by atoms with Crippen LogP contribution < -0.4 is 5.32 Å². The van der Waals surface area contributed by atoms with Gasteiger partial charge < -0.3 is 5.11 Å². The van der Waals surface area contributed by atoms with Gasteiger partial charge in [-0.1, -0.05) is 67.7 Å². The maximum Gasteiger partial charge on any atom is 0.104 e. The molecule has 0 bridgehead atoms. The highest BCUT2D eigenvalue weighted by Gasteiger charge is 2.34. The van der Waals surface area contributed by atoms with E-state index in [2.05, 4.69) is 53.8 Å². The van der Waals surface area contributed by atoms with Crippen LogP contribution in [0.3, 0.4) is 0 Å². The minimum Gasteiger partial charge on any atom is -0.379 e. The van der Waals surface area contributed by atoms with Gasteiger partial charge in [-0.2, -0.15) is 0 Å². The second-order valence-electron chi connectivity index (χ2n) is 7.60. The Balaban J connectivity index is 4.00. The van der Waals surface area contributed by atoms with E-state index in [-0.39, 0.29) is 6.23 Å². The van der Waals surface area contributed by atoms with Crippen molar-refractivity contribution < 1.29 is 5.11 Å². The predicted molar refractivity (Wildman–Crippen MR) is 89.8 cm³/mol. The summed E-state index contributed by atoms with van der Waals surface area (Å²) in [6.45, 7) is 17.0. The van der Waals surface area contributed by atoms with E-state index in [0.29, 0.717) is 10.8 Å². The van der Waals surface area contributed by atoms with E-state index < -0.39 is 0 Å². The fraction of sp³-hybridized carbons (Fsp3) is 1.00. The molecule has 0 aromatic rings. The van der Waals surface area contributed by atoms with Gasteiger partial charge in [0.25, 0.3) is 0 Å². The summed E-state index contributed by atoms with van der Waals surface area (Å²) in [7, 11) is 0. The number of hydrogen-bond donors (Lipinski definition) is 2. The zero-order chi connectivity index (χ0) is 15.8. The molecule has 0 saturated heterocycles. The first-order valence-electron chi connectivity index (χ1n) is 8.61. The Morgan fingerprint density at radius 2 is 1.45 bits per heavy atom. The van der Waals surface area contributed by atoms with Crippen LogP contribution in [0.4, 0.5) is 0 Å². The summed E-state index contributed by atoms with van der Waals surface area (Å²) in [4.78, 5) is 0. The fourth-order valence-corrected chi connectivity index (χ4v) is 2.56. The van der Waals surface area contributed by atoms with Crippen molar-refractivity contribution in [3.63, 3.8) is 0 Å². The van der Waals surface area contributed by atoms with E-state index in [1.807, 2.05) is 0 Å². The van der Waals surface area contributed by atoms with Gasteiger partial charge in [0.05, 0.1) is 0 Å². The van der Waals surface area contributed by atoms with Crippen LogP contribution in [0.25, 0.3) is 0 Å². The van der Waals surface area contributed by atoms with Crippen molar-refractivity contribution >= 4 is 0 Å². The Labute approximate surface area is 127 Å². The molecule has 122 valence electrons. The second kappa shape index (κ2) is 9.04. The summed E-state index contributed by atoms with van der Waals surface area (Å²) in [5, 5.41) is 13.3. The Morgan fingerprint density at radius 1 is 0.900 bits per heavy atom. The van der Waals surface area contributed by atoms with Crippen LogP contribution in [0.5, 0.6) is 0 Å². The lowest BCUT2D eigenvalue weighted by atomic mass is 9.65. The smallest absolute Gasteiger partial charge is 0.104 e. The standard InChI is InChI=1S/C18H39NO/c1-8-15(9-2)11-12-16(20)19-14-13-18(6,7)17(4,5)10-3/h15-16,19-20H,8-14H2,1-7H3. The molecule has 0 saturated carbocycles. The molecule has 0 aliphatic heterocycles. The molecule has 0 fully saturated rings. The van der Waals surface area contributed by atoms with Crippen molar-refractivity contribution in [2.45, 2.75) is 93.2 Å². The third-order valence-electron chi connectivity index (χ3n) is 5.85. The van der Waals surface area contributed by atoms with Crippen LogP contribution in [-0.4, -0.2) is 17.9 Å². The van der Waals surface area contributed by atoms with Crippen molar-refractivity contribution in [2.75, 3.05) is 6.54 Å². The zero-order valence-corrected chi connectivity index (χ0v) is 15.1. The molecule has 2 heteroatoms. The van der Waals surface area contributed by atoms with E-state index in [9.17, 15) is 5.11 Å². The summed E-state index contributed by atoms with van der Waals surface area (Å²) in [6, 6.07) is 0. The molecule has 1 atom stereocenters. The van der Waals surface area contributed by atoms with Gasteiger partial charge in [-0.15, -0.1) is 0 Å². The number of nitrogens with one attached hydrogen (secondary N) is 1. The summed E-state index contributed by atoms with van der Waals surface area (Å²) in [5.41, 5.74) is 0.638. The number of aliphatic hydroxyl groups is 1. The maximum atomic E-state index is 10.0. The molecule has 2 N–H and O–H groups in total. The molecule has 2 nitrogen and oxygen atoms in total. The highest BCUT2D eigenvalue weighted by molar-refractivity contribution is 4.85. The van der Waals surface area contributed by atoms with Crippen molar-refractivity contribution in [3.8, 4) is 0 Å². The van der Waals surface area contributed by atoms with Gasteiger partial charge in [-0.3, -0.25) is 5.32 Å². The lowest BCUT2D eigenvalue weighted by molar-refractivity contribution is 0.0753. The molecule has 0 aromatic carbocycles. The predicted octanol–water partition coefficient (Wildman–Crippen LogP) is 4.96. The first-order chi connectivity index (χ1) is 9.20. The second-order valence-corrected chi connectivity index (χ2v) is 7.60. The lowest BCUT2D eigenvalue weighted by Gasteiger charge is -2.41. The minimum atomic E-state index is -0.337. The van der Waals surface area contributed by atoms with E-state index in [1.165, 1.54) is 19.3 Å². The van der Waals surface area contributed by atoms with Crippen LogP contribution in [0.1, 0.15) is 87.0 Å². The van der Waals surface area contributed by atoms with E-state index in [1.54, 1.807) is 0 Å². The maximum absolute atomic E-state index is 10.0. The fourth-order valence-electron chi connectivity index (χ4n) is 2.56. The summed E-state index contributed by atoms with van der Waals surface area (Å²) < 4.78 is 0. The van der Waals surface area contributed by atoms with Gasteiger partial charge in [0.15, 0.2) is 0 Å². The first kappa shape index (κ1) is 19.9. The molecular weight excluding hydrogens is 246 g/mol. The molecule has 0 amide bonds. The molecule has 20 heavy (non-hydrogen) atoms. The van der Waals surface area contributed by atoms with Gasteiger partial charge in [0.1, 0.15) is 6.23 Å². The van der Waals surface area contributed by atoms with E-state index in [0.717, 1.165) is 31.7 Å². The van der Waals surface area contributed by atoms with Gasteiger partial charge in [0, 0.05) is 0 Å². The monoisotopic (exact) mass is 285 g/mol. The average Bonchev–Trinajstić information content (AvgIpc) is 2.39. The van der Waals surface area contributed by atoms with Crippen LogP contribution in [-0.2, 0) is 0 Å². The van der Waals surface area contributed by atoms with Crippen molar-refractivity contribution in [1.82, 2.24) is 5.32 Å². The third-order valence-corrected chi connectivity index (χ3v) is 5.85. The van der Waals surface area contributed by atoms with Gasteiger partial charge in [-0.05, 0) is 42.6 Å². The topological polar surface area (TPSA) is 32.3 Å². The largest absolute Gasteiger partial charge is 0.379 e. The van der Waals surface area contributed by atoms with Crippen LogP contribution in [0, 0.1) is 16.7 Å². The molecule has 1 unspecified atom stereocenters. The zero-order valence-electron chi connectivity index (χ0n) is 15.1. The highest BCUT2D eigenvalue weighted by atomic mass is 16.3. The molecular formula is C18H39NO. The lowest BCUT2D eigenvalue weighted by Crippen LogP contribution is -2.37. The number of hydrogen-bond acceptors (Lipinski definition) is 2. The summed E-state index contributed by atoms with van der Waals surface area (Å²) in [5.74, 6) is 0.766. The molecule has 0 radical (unpaired) electrons. The third kappa shape index (κ3) is 6.58. The van der Waals surface area contributed by atoms with Crippen LogP contribution >= 0.6 is 0 Å². The Kier molecular flexibility index (Phi) is 9.01. The first-order valence-corrected chi connectivity index (χ1v) is 8.61. The highest BCUT2D eigenvalue weighted by Crippen LogP contribution is 2.43. The Bertz CT molecular complexity index is 244. The normalized spacial score (nSPS) is 14.8. The molecule has 0 rings (SSSR count). The van der Waals surface area contributed by atoms with Gasteiger partial charge in [-0.25, -0.2) is 0 Å². The molecule has 0 heterocycles. The van der Waals surface area contributed by atoms with Crippen LogP contribution in [0.2, 0.25) is 0 Å². The van der Waals surface area contributed by atoms with Gasteiger partial charge >= 0.3 is 0 Å². The van der Waals surface area contributed by atoms with E-state index >= 15 is 0 Å².